The van der Waals surface area contributed by atoms with Crippen LogP contribution in [0, 0.1) is 12.7 Å². The standard InChI is InChI=1S/C14H13FO4S2/c1-9-12(15)6-11(14(16)17)7-13(9)21(18,19)5-3-10-2-4-20-8-10/h2,4,6-8H,3,5H2,1H3,(H,16,17). The minimum atomic E-state index is -3.74. The zero-order valence-electron chi connectivity index (χ0n) is 11.2. The highest BCUT2D eigenvalue weighted by Gasteiger charge is 2.22. The lowest BCUT2D eigenvalue weighted by molar-refractivity contribution is 0.0696. The molecule has 0 aliphatic carbocycles. The van der Waals surface area contributed by atoms with E-state index in [9.17, 15) is 17.6 Å². The minimum Gasteiger partial charge on any atom is -0.478 e. The molecule has 0 aliphatic heterocycles. The highest BCUT2D eigenvalue weighted by atomic mass is 32.2. The van der Waals surface area contributed by atoms with Gasteiger partial charge in [0, 0.05) is 5.56 Å². The molecule has 112 valence electrons. The maximum Gasteiger partial charge on any atom is 0.335 e. The molecule has 1 N–H and O–H groups in total. The van der Waals surface area contributed by atoms with E-state index < -0.39 is 21.6 Å². The molecule has 0 fully saturated rings. The van der Waals surface area contributed by atoms with Crippen molar-refractivity contribution < 1.29 is 22.7 Å². The molecular formula is C14H13FO4S2. The summed E-state index contributed by atoms with van der Waals surface area (Å²) in [5.41, 5.74) is 0.466. The normalized spacial score (nSPS) is 11.5. The summed E-state index contributed by atoms with van der Waals surface area (Å²) in [5.74, 6) is -2.38. The molecule has 0 spiro atoms. The third-order valence-electron chi connectivity index (χ3n) is 3.12. The van der Waals surface area contributed by atoms with Crippen LogP contribution >= 0.6 is 11.3 Å². The Morgan fingerprint density at radius 1 is 1.38 bits per heavy atom. The van der Waals surface area contributed by atoms with Gasteiger partial charge in [-0.15, -0.1) is 0 Å². The van der Waals surface area contributed by atoms with E-state index in [1.54, 1.807) is 0 Å². The van der Waals surface area contributed by atoms with Gasteiger partial charge in [-0.3, -0.25) is 0 Å². The van der Waals surface area contributed by atoms with Crippen molar-refractivity contribution in [1.82, 2.24) is 0 Å². The van der Waals surface area contributed by atoms with Crippen LogP contribution in [0.3, 0.4) is 0 Å². The highest BCUT2D eigenvalue weighted by Crippen LogP contribution is 2.23. The molecule has 1 aromatic heterocycles. The van der Waals surface area contributed by atoms with Gasteiger partial charge in [-0.2, -0.15) is 11.3 Å². The first kappa shape index (κ1) is 15.7. The van der Waals surface area contributed by atoms with Crippen LogP contribution in [0.5, 0.6) is 0 Å². The fourth-order valence-corrected chi connectivity index (χ4v) is 4.20. The monoisotopic (exact) mass is 328 g/mol. The van der Waals surface area contributed by atoms with E-state index in [4.69, 9.17) is 5.11 Å². The van der Waals surface area contributed by atoms with Gasteiger partial charge in [0.15, 0.2) is 9.84 Å². The first-order chi connectivity index (χ1) is 9.81. The zero-order valence-corrected chi connectivity index (χ0v) is 12.8. The average molecular weight is 328 g/mol. The molecule has 0 saturated carbocycles. The quantitative estimate of drug-likeness (QED) is 0.916. The number of benzene rings is 1. The van der Waals surface area contributed by atoms with Crippen molar-refractivity contribution in [2.45, 2.75) is 18.2 Å². The summed E-state index contributed by atoms with van der Waals surface area (Å²) in [4.78, 5) is 10.7. The van der Waals surface area contributed by atoms with Gasteiger partial charge in [0.05, 0.1) is 16.2 Å². The van der Waals surface area contributed by atoms with E-state index in [0.29, 0.717) is 6.42 Å². The smallest absolute Gasteiger partial charge is 0.335 e. The van der Waals surface area contributed by atoms with Crippen molar-refractivity contribution in [3.63, 3.8) is 0 Å². The molecule has 21 heavy (non-hydrogen) atoms. The largest absolute Gasteiger partial charge is 0.478 e. The van der Waals surface area contributed by atoms with Gasteiger partial charge in [-0.05, 0) is 47.9 Å². The Balaban J connectivity index is 2.37. The summed E-state index contributed by atoms with van der Waals surface area (Å²) < 4.78 is 38.4. The van der Waals surface area contributed by atoms with Crippen LogP contribution in [-0.2, 0) is 16.3 Å². The number of carboxylic acid groups (broad SMARTS) is 1. The molecule has 2 rings (SSSR count). The van der Waals surface area contributed by atoms with Crippen molar-refractivity contribution in [2.75, 3.05) is 5.75 Å². The summed E-state index contributed by atoms with van der Waals surface area (Å²) in [5, 5.41) is 12.6. The number of hydrogen-bond acceptors (Lipinski definition) is 4. The van der Waals surface area contributed by atoms with Gasteiger partial charge >= 0.3 is 5.97 Å². The fraction of sp³-hybridized carbons (Fsp3) is 0.214. The number of hydrogen-bond donors (Lipinski definition) is 1. The van der Waals surface area contributed by atoms with Gasteiger partial charge in [-0.25, -0.2) is 17.6 Å². The van der Waals surface area contributed by atoms with Crippen LogP contribution < -0.4 is 0 Å². The second-order valence-corrected chi connectivity index (χ2v) is 7.44. The van der Waals surface area contributed by atoms with Crippen LogP contribution in [0.2, 0.25) is 0 Å². The summed E-state index contributed by atoms with van der Waals surface area (Å²) in [6, 6.07) is 3.67. The van der Waals surface area contributed by atoms with Crippen LogP contribution in [-0.4, -0.2) is 25.2 Å². The summed E-state index contributed by atoms with van der Waals surface area (Å²) in [6.45, 7) is 1.33. The molecule has 0 unspecified atom stereocenters. The van der Waals surface area contributed by atoms with Crippen LogP contribution in [0.15, 0.2) is 33.9 Å². The van der Waals surface area contributed by atoms with Gasteiger partial charge in [0.25, 0.3) is 0 Å². The number of aryl methyl sites for hydroxylation is 1. The Morgan fingerprint density at radius 3 is 2.67 bits per heavy atom. The van der Waals surface area contributed by atoms with Crippen LogP contribution in [0.25, 0.3) is 0 Å². The van der Waals surface area contributed by atoms with E-state index in [0.717, 1.165) is 17.7 Å². The zero-order chi connectivity index (χ0) is 15.6. The molecule has 7 heteroatoms. The number of aromatic carboxylic acids is 1. The van der Waals surface area contributed by atoms with Crippen molar-refractivity contribution >= 4 is 27.1 Å². The number of carboxylic acids is 1. The second kappa shape index (κ2) is 5.95. The van der Waals surface area contributed by atoms with E-state index in [1.165, 1.54) is 18.3 Å². The molecule has 1 heterocycles. The third kappa shape index (κ3) is 3.48. The molecule has 0 radical (unpaired) electrons. The average Bonchev–Trinajstić information content (AvgIpc) is 2.92. The molecule has 2 aromatic rings. The molecule has 0 bridgehead atoms. The Kier molecular flexibility index (Phi) is 4.43. The van der Waals surface area contributed by atoms with E-state index in [-0.39, 0.29) is 21.8 Å². The van der Waals surface area contributed by atoms with Crippen molar-refractivity contribution in [3.05, 3.63) is 51.5 Å². The molecular weight excluding hydrogens is 315 g/mol. The maximum atomic E-state index is 13.7. The van der Waals surface area contributed by atoms with Gasteiger partial charge < -0.3 is 5.11 Å². The number of sulfone groups is 1. The predicted octanol–water partition coefficient (Wildman–Crippen LogP) is 2.91. The molecule has 0 amide bonds. The molecule has 4 nitrogen and oxygen atoms in total. The summed E-state index contributed by atoms with van der Waals surface area (Å²) >= 11 is 1.47. The van der Waals surface area contributed by atoms with Gasteiger partial charge in [0.1, 0.15) is 5.82 Å². The molecule has 0 aliphatic rings. The SMILES string of the molecule is Cc1c(F)cc(C(=O)O)cc1S(=O)(=O)CCc1ccsc1. The number of carbonyl (C=O) groups is 1. The topological polar surface area (TPSA) is 71.4 Å². The Bertz CT molecular complexity index is 765. The molecule has 0 saturated heterocycles. The number of rotatable bonds is 5. The fourth-order valence-electron chi connectivity index (χ4n) is 1.90. The van der Waals surface area contributed by atoms with E-state index in [1.807, 2.05) is 16.8 Å². The summed E-state index contributed by atoms with van der Waals surface area (Å²) in [6.07, 6.45) is 0.310. The van der Waals surface area contributed by atoms with Gasteiger partial charge in [0.2, 0.25) is 0 Å². The lowest BCUT2D eigenvalue weighted by Crippen LogP contribution is -2.13. The Hall–Kier alpha value is -1.73. The van der Waals surface area contributed by atoms with Crippen LogP contribution in [0.1, 0.15) is 21.5 Å². The minimum absolute atomic E-state index is 0.0506. The van der Waals surface area contributed by atoms with Crippen molar-refractivity contribution in [1.29, 1.82) is 0 Å². The Labute approximate surface area is 125 Å². The van der Waals surface area contributed by atoms with Gasteiger partial charge in [-0.1, -0.05) is 0 Å². The second-order valence-electron chi connectivity index (χ2n) is 4.59. The van der Waals surface area contributed by atoms with E-state index in [2.05, 4.69) is 0 Å². The highest BCUT2D eigenvalue weighted by molar-refractivity contribution is 7.91. The molecule has 1 aromatic carbocycles. The molecule has 0 atom stereocenters. The van der Waals surface area contributed by atoms with Crippen molar-refractivity contribution in [3.8, 4) is 0 Å². The Morgan fingerprint density at radius 2 is 2.10 bits per heavy atom. The van der Waals surface area contributed by atoms with Crippen LogP contribution in [0.4, 0.5) is 4.39 Å². The number of halogens is 1. The first-order valence-corrected chi connectivity index (χ1v) is 8.68. The van der Waals surface area contributed by atoms with Crippen molar-refractivity contribution in [2.24, 2.45) is 0 Å². The third-order valence-corrected chi connectivity index (χ3v) is 5.69. The van der Waals surface area contributed by atoms with E-state index >= 15 is 0 Å². The lowest BCUT2D eigenvalue weighted by atomic mass is 10.1. The first-order valence-electron chi connectivity index (χ1n) is 6.08. The maximum absolute atomic E-state index is 13.7. The predicted molar refractivity (Wildman–Crippen MR) is 78.2 cm³/mol. The lowest BCUT2D eigenvalue weighted by Gasteiger charge is -2.09. The number of thiophene rings is 1. The summed E-state index contributed by atoms with van der Waals surface area (Å²) in [7, 11) is -3.74.